The third-order valence-electron chi connectivity index (χ3n) is 4.44. The van der Waals surface area contributed by atoms with Gasteiger partial charge in [-0.05, 0) is 25.1 Å². The minimum atomic E-state index is -1.96. The molecule has 9 nitrogen and oxygen atoms in total. The zero-order valence-corrected chi connectivity index (χ0v) is 15.7. The first-order valence-electron chi connectivity index (χ1n) is 8.88. The van der Waals surface area contributed by atoms with E-state index in [4.69, 9.17) is 9.47 Å². The maximum Gasteiger partial charge on any atom is 0.351 e. The topological polar surface area (TPSA) is 120 Å². The standard InChI is InChI=1S/C19H20FN3O6/c1-10-15(25)14(20)16(29-11(2)24)18(28-10)23-9-8-13(22-19(23)27)21-17(26)12-6-4-3-5-7-12/h3-10,14-16,18,25H,1-2H3,(H,21,22,26,27)/t10-,14+,15-,16-,18-/m1/s1. The molecular formula is C19H20FN3O6. The van der Waals surface area contributed by atoms with Crippen molar-refractivity contribution in [2.45, 2.75) is 44.6 Å². The summed E-state index contributed by atoms with van der Waals surface area (Å²) < 4.78 is 26.0. The van der Waals surface area contributed by atoms with Crippen molar-refractivity contribution in [3.63, 3.8) is 0 Å². The zero-order valence-electron chi connectivity index (χ0n) is 15.7. The summed E-state index contributed by atoms with van der Waals surface area (Å²) in [5.74, 6) is -1.26. The van der Waals surface area contributed by atoms with Crippen LogP contribution in [-0.2, 0) is 14.3 Å². The molecule has 154 valence electrons. The van der Waals surface area contributed by atoms with Crippen LogP contribution in [0.3, 0.4) is 0 Å². The summed E-state index contributed by atoms with van der Waals surface area (Å²) in [4.78, 5) is 39.8. The lowest BCUT2D eigenvalue weighted by Crippen LogP contribution is -2.55. The van der Waals surface area contributed by atoms with Crippen LogP contribution in [0.1, 0.15) is 30.4 Å². The maximum atomic E-state index is 14.6. The van der Waals surface area contributed by atoms with Crippen molar-refractivity contribution in [2.24, 2.45) is 0 Å². The summed E-state index contributed by atoms with van der Waals surface area (Å²) in [7, 11) is 0. The van der Waals surface area contributed by atoms with Gasteiger partial charge in [-0.15, -0.1) is 0 Å². The number of aromatic nitrogens is 2. The van der Waals surface area contributed by atoms with E-state index in [2.05, 4.69) is 10.3 Å². The van der Waals surface area contributed by atoms with Crippen LogP contribution in [0.15, 0.2) is 47.4 Å². The number of amides is 1. The van der Waals surface area contributed by atoms with Gasteiger partial charge in [-0.25, -0.2) is 9.18 Å². The first-order valence-corrected chi connectivity index (χ1v) is 8.88. The third kappa shape index (κ3) is 4.49. The highest BCUT2D eigenvalue weighted by atomic mass is 19.1. The van der Waals surface area contributed by atoms with E-state index in [1.54, 1.807) is 30.3 Å². The molecule has 0 unspecified atom stereocenters. The smallest absolute Gasteiger partial charge is 0.351 e. The molecule has 1 aliphatic rings. The summed E-state index contributed by atoms with van der Waals surface area (Å²) in [6.45, 7) is 2.51. The van der Waals surface area contributed by atoms with Crippen LogP contribution < -0.4 is 11.0 Å². The van der Waals surface area contributed by atoms with E-state index in [1.807, 2.05) is 0 Å². The Bertz CT molecular complexity index is 950. The predicted octanol–water partition coefficient (Wildman–Crippen LogP) is 1.04. The Morgan fingerprint density at radius 2 is 1.97 bits per heavy atom. The monoisotopic (exact) mass is 405 g/mol. The van der Waals surface area contributed by atoms with E-state index in [1.165, 1.54) is 19.2 Å². The summed E-state index contributed by atoms with van der Waals surface area (Å²) in [5.41, 5.74) is -0.471. The van der Waals surface area contributed by atoms with E-state index in [-0.39, 0.29) is 5.82 Å². The van der Waals surface area contributed by atoms with Crippen LogP contribution in [0.4, 0.5) is 10.2 Å². The van der Waals surface area contributed by atoms with Gasteiger partial charge < -0.3 is 19.9 Å². The lowest BCUT2D eigenvalue weighted by molar-refractivity contribution is -0.235. The Balaban J connectivity index is 1.85. The number of halogens is 1. The molecule has 1 amide bonds. The Kier molecular flexibility index (Phi) is 6.04. The molecule has 1 fully saturated rings. The number of carbonyl (C=O) groups is 2. The molecule has 0 saturated carbocycles. The number of aliphatic hydroxyl groups is 1. The second kappa shape index (κ2) is 8.50. The van der Waals surface area contributed by atoms with Crippen LogP contribution in [0.25, 0.3) is 0 Å². The molecule has 1 aromatic heterocycles. The van der Waals surface area contributed by atoms with Crippen molar-refractivity contribution in [1.82, 2.24) is 9.55 Å². The first-order chi connectivity index (χ1) is 13.8. The van der Waals surface area contributed by atoms with Gasteiger partial charge in [-0.3, -0.25) is 14.2 Å². The number of esters is 1. The normalized spacial score (nSPS) is 26.6. The second-order valence-corrected chi connectivity index (χ2v) is 6.56. The maximum absolute atomic E-state index is 14.6. The molecule has 3 rings (SSSR count). The highest BCUT2D eigenvalue weighted by Gasteiger charge is 2.47. The van der Waals surface area contributed by atoms with Crippen LogP contribution >= 0.6 is 0 Å². The number of aliphatic hydroxyl groups excluding tert-OH is 1. The third-order valence-corrected chi connectivity index (χ3v) is 4.44. The molecule has 10 heteroatoms. The fourth-order valence-corrected chi connectivity index (χ4v) is 2.98. The molecular weight excluding hydrogens is 385 g/mol. The van der Waals surface area contributed by atoms with Gasteiger partial charge in [-0.2, -0.15) is 4.98 Å². The number of hydrogen-bond acceptors (Lipinski definition) is 7. The number of nitrogens with zero attached hydrogens (tertiary/aromatic N) is 2. The van der Waals surface area contributed by atoms with Crippen LogP contribution in [-0.4, -0.2) is 51.0 Å². The van der Waals surface area contributed by atoms with E-state index in [9.17, 15) is 23.9 Å². The van der Waals surface area contributed by atoms with Crippen molar-refractivity contribution >= 4 is 17.7 Å². The molecule has 1 aromatic carbocycles. The van der Waals surface area contributed by atoms with Gasteiger partial charge in [0.05, 0.1) is 6.10 Å². The molecule has 2 N–H and O–H groups in total. The predicted molar refractivity (Wildman–Crippen MR) is 98.9 cm³/mol. The van der Waals surface area contributed by atoms with Crippen molar-refractivity contribution in [2.75, 3.05) is 5.32 Å². The lowest BCUT2D eigenvalue weighted by atomic mass is 10.00. The molecule has 1 saturated heterocycles. The highest BCUT2D eigenvalue weighted by Crippen LogP contribution is 2.31. The molecule has 29 heavy (non-hydrogen) atoms. The number of nitrogens with one attached hydrogen (secondary N) is 1. The Hall–Kier alpha value is -3.11. The van der Waals surface area contributed by atoms with Gasteiger partial charge in [-0.1, -0.05) is 18.2 Å². The fourth-order valence-electron chi connectivity index (χ4n) is 2.98. The first kappa shape index (κ1) is 20.6. The van der Waals surface area contributed by atoms with Gasteiger partial charge in [0.25, 0.3) is 5.91 Å². The van der Waals surface area contributed by atoms with Crippen molar-refractivity contribution in [3.05, 3.63) is 58.6 Å². The molecule has 0 spiro atoms. The minimum absolute atomic E-state index is 0.00942. The highest BCUT2D eigenvalue weighted by molar-refractivity contribution is 6.03. The fraction of sp³-hybridized carbons (Fsp3) is 0.368. The van der Waals surface area contributed by atoms with Crippen LogP contribution in [0.2, 0.25) is 0 Å². The van der Waals surface area contributed by atoms with Crippen molar-refractivity contribution < 1.29 is 28.6 Å². The van der Waals surface area contributed by atoms with Gasteiger partial charge in [0.15, 0.2) is 18.5 Å². The quantitative estimate of drug-likeness (QED) is 0.730. The van der Waals surface area contributed by atoms with E-state index >= 15 is 0 Å². The second-order valence-electron chi connectivity index (χ2n) is 6.56. The Morgan fingerprint density at radius 1 is 1.28 bits per heavy atom. The number of hydrogen-bond donors (Lipinski definition) is 2. The van der Waals surface area contributed by atoms with E-state index < -0.39 is 48.3 Å². The van der Waals surface area contributed by atoms with Crippen molar-refractivity contribution in [1.29, 1.82) is 0 Å². The Morgan fingerprint density at radius 3 is 2.59 bits per heavy atom. The molecule has 0 bridgehead atoms. The SMILES string of the molecule is CC(=O)O[C@@H]1[C@@H](F)[C@H](O)[C@@H](C)O[C@H]1n1ccc(NC(=O)c2ccccc2)nc1=O. The number of carbonyl (C=O) groups excluding carboxylic acids is 2. The summed E-state index contributed by atoms with van der Waals surface area (Å²) in [5, 5.41) is 12.4. The van der Waals surface area contributed by atoms with E-state index in [0.717, 1.165) is 11.5 Å². The minimum Gasteiger partial charge on any atom is -0.454 e. The molecule has 2 heterocycles. The number of rotatable bonds is 4. The average Bonchev–Trinajstić information content (AvgIpc) is 2.69. The zero-order chi connectivity index (χ0) is 21.1. The molecule has 0 aliphatic carbocycles. The molecule has 0 radical (unpaired) electrons. The summed E-state index contributed by atoms with van der Waals surface area (Å²) in [6.07, 6.45) is -6.06. The van der Waals surface area contributed by atoms with Crippen LogP contribution in [0, 0.1) is 0 Å². The molecule has 5 atom stereocenters. The Labute approximate surface area is 165 Å². The number of benzene rings is 1. The van der Waals surface area contributed by atoms with E-state index in [0.29, 0.717) is 5.56 Å². The van der Waals surface area contributed by atoms with Gasteiger partial charge in [0, 0.05) is 18.7 Å². The van der Waals surface area contributed by atoms with Gasteiger partial charge >= 0.3 is 11.7 Å². The van der Waals surface area contributed by atoms with Crippen molar-refractivity contribution in [3.8, 4) is 0 Å². The summed E-state index contributed by atoms with van der Waals surface area (Å²) in [6, 6.07) is 9.68. The lowest BCUT2D eigenvalue weighted by Gasteiger charge is -2.40. The number of anilines is 1. The number of alkyl halides is 1. The molecule has 1 aliphatic heterocycles. The average molecular weight is 405 g/mol. The largest absolute Gasteiger partial charge is 0.454 e. The van der Waals surface area contributed by atoms with Crippen LogP contribution in [0.5, 0.6) is 0 Å². The van der Waals surface area contributed by atoms with Gasteiger partial charge in [0.2, 0.25) is 0 Å². The van der Waals surface area contributed by atoms with Gasteiger partial charge in [0.1, 0.15) is 11.9 Å². The summed E-state index contributed by atoms with van der Waals surface area (Å²) >= 11 is 0. The number of ether oxygens (including phenoxy) is 2. The molecule has 2 aromatic rings.